The molecule has 0 saturated carbocycles. The highest BCUT2D eigenvalue weighted by Crippen LogP contribution is 2.33. The third-order valence-corrected chi connectivity index (χ3v) is 4.53. The number of anilines is 3. The van der Waals surface area contributed by atoms with E-state index in [0.717, 1.165) is 43.1 Å². The van der Waals surface area contributed by atoms with Gasteiger partial charge in [-0.2, -0.15) is 0 Å². The zero-order chi connectivity index (χ0) is 19.0. The number of nitrogens with zero attached hydrogens (tertiary/aromatic N) is 5. The van der Waals surface area contributed by atoms with Crippen molar-refractivity contribution in [1.82, 2.24) is 24.9 Å². The van der Waals surface area contributed by atoms with Crippen molar-refractivity contribution in [2.45, 2.75) is 0 Å². The van der Waals surface area contributed by atoms with Crippen molar-refractivity contribution in [2.24, 2.45) is 0 Å². The van der Waals surface area contributed by atoms with E-state index in [2.05, 4.69) is 30.6 Å². The molecule has 0 radical (unpaired) electrons. The van der Waals surface area contributed by atoms with E-state index < -0.39 is 11.7 Å². The molecule has 1 amide bonds. The average Bonchev–Trinajstić information content (AvgIpc) is 2.97. The molecule has 1 aliphatic rings. The first-order valence-corrected chi connectivity index (χ1v) is 8.62. The number of nitrogens with one attached hydrogen (secondary N) is 2. The number of rotatable bonds is 3. The van der Waals surface area contributed by atoms with Crippen LogP contribution in [0.5, 0.6) is 0 Å². The van der Waals surface area contributed by atoms with Gasteiger partial charge in [0.05, 0.1) is 35.0 Å². The van der Waals surface area contributed by atoms with Gasteiger partial charge in [0.1, 0.15) is 5.56 Å². The number of carbonyl (C=O) groups is 1. The van der Waals surface area contributed by atoms with Gasteiger partial charge in [-0.1, -0.05) is 11.6 Å². The molecular weight excluding hydrogens is 375 g/mol. The van der Waals surface area contributed by atoms with Gasteiger partial charge in [-0.25, -0.2) is 13.9 Å². The lowest BCUT2D eigenvalue weighted by atomic mass is 10.2. The van der Waals surface area contributed by atoms with Gasteiger partial charge in [0, 0.05) is 32.4 Å². The molecule has 27 heavy (non-hydrogen) atoms. The fourth-order valence-corrected chi connectivity index (χ4v) is 3.34. The number of piperazine rings is 1. The normalized spacial score (nSPS) is 14.5. The Morgan fingerprint density at radius 2 is 2.07 bits per heavy atom. The molecule has 1 saturated heterocycles. The van der Waals surface area contributed by atoms with Crippen LogP contribution in [0.1, 0.15) is 10.4 Å². The van der Waals surface area contributed by atoms with Crippen LogP contribution in [-0.4, -0.2) is 51.7 Å². The maximum atomic E-state index is 13.3. The monoisotopic (exact) mass is 390 g/mol. The van der Waals surface area contributed by atoms with Crippen molar-refractivity contribution < 1.29 is 9.18 Å². The molecule has 1 fully saturated rings. The average molecular weight is 391 g/mol. The number of nitrogens with two attached hydrogens (primary N) is 1. The van der Waals surface area contributed by atoms with Gasteiger partial charge in [-0.05, 0) is 0 Å². The highest BCUT2D eigenvalue weighted by Gasteiger charge is 2.23. The van der Waals surface area contributed by atoms with Crippen LogP contribution in [0.15, 0.2) is 24.8 Å². The summed E-state index contributed by atoms with van der Waals surface area (Å²) in [7, 11) is 0. The molecular formula is C16H16ClFN8O. The first kappa shape index (κ1) is 17.4. The summed E-state index contributed by atoms with van der Waals surface area (Å²) in [6, 6.07) is 0. The Balaban J connectivity index is 1.70. The van der Waals surface area contributed by atoms with Gasteiger partial charge >= 0.3 is 0 Å². The van der Waals surface area contributed by atoms with Crippen molar-refractivity contribution in [3.63, 3.8) is 0 Å². The SMILES string of the molecule is Nc1nn2cc(F)cnc2c1C(=O)Nc1cncc(Cl)c1N1CCNCC1. The summed E-state index contributed by atoms with van der Waals surface area (Å²) < 4.78 is 14.5. The summed E-state index contributed by atoms with van der Waals surface area (Å²) in [4.78, 5) is 22.9. The Morgan fingerprint density at radius 1 is 1.30 bits per heavy atom. The number of hydrogen-bond donors (Lipinski definition) is 3. The van der Waals surface area contributed by atoms with E-state index >= 15 is 0 Å². The van der Waals surface area contributed by atoms with Crippen LogP contribution >= 0.6 is 11.6 Å². The van der Waals surface area contributed by atoms with E-state index in [0.29, 0.717) is 16.4 Å². The molecule has 0 unspecified atom stereocenters. The summed E-state index contributed by atoms with van der Waals surface area (Å²) in [5.41, 5.74) is 7.21. The summed E-state index contributed by atoms with van der Waals surface area (Å²) in [6.45, 7) is 3.10. The molecule has 9 nitrogen and oxygen atoms in total. The summed E-state index contributed by atoms with van der Waals surface area (Å²) >= 11 is 6.34. The predicted molar refractivity (Wildman–Crippen MR) is 99.6 cm³/mol. The molecule has 0 bridgehead atoms. The van der Waals surface area contributed by atoms with Gasteiger partial charge in [0.2, 0.25) is 0 Å². The second-order valence-corrected chi connectivity index (χ2v) is 6.42. The Labute approximate surface area is 158 Å². The zero-order valence-electron chi connectivity index (χ0n) is 14.1. The second-order valence-electron chi connectivity index (χ2n) is 6.01. The molecule has 3 aromatic heterocycles. The van der Waals surface area contributed by atoms with E-state index in [-0.39, 0.29) is 17.0 Å². The van der Waals surface area contributed by atoms with Crippen molar-refractivity contribution in [2.75, 3.05) is 42.1 Å². The van der Waals surface area contributed by atoms with Gasteiger partial charge in [0.25, 0.3) is 5.91 Å². The molecule has 0 aromatic carbocycles. The number of aromatic nitrogens is 4. The third-order valence-electron chi connectivity index (χ3n) is 4.25. The minimum absolute atomic E-state index is 0.0516. The van der Waals surface area contributed by atoms with E-state index in [1.54, 1.807) is 0 Å². The highest BCUT2D eigenvalue weighted by molar-refractivity contribution is 6.34. The lowest BCUT2D eigenvalue weighted by Gasteiger charge is -2.31. The predicted octanol–water partition coefficient (Wildman–Crippen LogP) is 1.16. The minimum Gasteiger partial charge on any atom is -0.381 e. The van der Waals surface area contributed by atoms with E-state index in [1.165, 1.54) is 12.4 Å². The van der Waals surface area contributed by atoms with Crippen molar-refractivity contribution in [1.29, 1.82) is 0 Å². The molecule has 4 heterocycles. The summed E-state index contributed by atoms with van der Waals surface area (Å²) in [5.74, 6) is -1.16. The fraction of sp³-hybridized carbons (Fsp3) is 0.250. The van der Waals surface area contributed by atoms with Crippen LogP contribution in [-0.2, 0) is 0 Å². The first-order valence-electron chi connectivity index (χ1n) is 8.24. The topological polar surface area (TPSA) is 113 Å². The third kappa shape index (κ3) is 3.24. The number of amides is 1. The maximum Gasteiger partial charge on any atom is 0.263 e. The summed E-state index contributed by atoms with van der Waals surface area (Å²) in [6.07, 6.45) is 5.15. The highest BCUT2D eigenvalue weighted by atomic mass is 35.5. The molecule has 1 aliphatic heterocycles. The number of carbonyl (C=O) groups excluding carboxylic acids is 1. The molecule has 0 spiro atoms. The van der Waals surface area contributed by atoms with E-state index in [1.807, 2.05) is 0 Å². The van der Waals surface area contributed by atoms with E-state index in [9.17, 15) is 9.18 Å². The lowest BCUT2D eigenvalue weighted by molar-refractivity contribution is 0.102. The van der Waals surface area contributed by atoms with Crippen LogP contribution in [0.3, 0.4) is 0 Å². The molecule has 4 rings (SSSR count). The van der Waals surface area contributed by atoms with Crippen molar-refractivity contribution in [3.8, 4) is 0 Å². The standard InChI is InChI=1S/C16H16ClFN8O/c17-10-6-21-7-11(13(10)25-3-1-20-2-4-25)23-16(27)12-14(19)24-26-8-9(18)5-22-15(12)26/h5-8,20H,1-4H2,(H2,19,24)(H,23,27). The van der Waals surface area contributed by atoms with Crippen LogP contribution in [0.4, 0.5) is 21.6 Å². The van der Waals surface area contributed by atoms with Crippen LogP contribution in [0.2, 0.25) is 5.02 Å². The van der Waals surface area contributed by atoms with Crippen LogP contribution in [0, 0.1) is 5.82 Å². The Hall–Kier alpha value is -2.98. The molecule has 0 atom stereocenters. The van der Waals surface area contributed by atoms with Crippen molar-refractivity contribution >= 4 is 40.3 Å². The van der Waals surface area contributed by atoms with E-state index in [4.69, 9.17) is 17.3 Å². The number of nitrogen functional groups attached to an aromatic ring is 1. The quantitative estimate of drug-likeness (QED) is 0.615. The second kappa shape index (κ2) is 6.97. The number of fused-ring (bicyclic) bond motifs is 1. The molecule has 4 N–H and O–H groups in total. The number of hydrogen-bond acceptors (Lipinski definition) is 7. The van der Waals surface area contributed by atoms with Gasteiger partial charge in [0.15, 0.2) is 17.3 Å². The first-order chi connectivity index (χ1) is 13.0. The lowest BCUT2D eigenvalue weighted by Crippen LogP contribution is -2.44. The van der Waals surface area contributed by atoms with Crippen molar-refractivity contribution in [3.05, 3.63) is 41.2 Å². The number of halogens is 2. The van der Waals surface area contributed by atoms with Gasteiger partial charge in [-0.3, -0.25) is 9.78 Å². The number of pyridine rings is 1. The molecule has 140 valence electrons. The van der Waals surface area contributed by atoms with Crippen LogP contribution in [0.25, 0.3) is 5.65 Å². The minimum atomic E-state index is -0.586. The molecule has 3 aromatic rings. The smallest absolute Gasteiger partial charge is 0.263 e. The maximum absolute atomic E-state index is 13.3. The molecule has 11 heteroatoms. The molecule has 0 aliphatic carbocycles. The Bertz CT molecular complexity index is 1020. The summed E-state index contributed by atoms with van der Waals surface area (Å²) in [5, 5.41) is 10.4. The van der Waals surface area contributed by atoms with Crippen LogP contribution < -0.4 is 21.3 Å². The van der Waals surface area contributed by atoms with Gasteiger partial charge < -0.3 is 21.3 Å². The Kier molecular flexibility index (Phi) is 4.50. The van der Waals surface area contributed by atoms with Gasteiger partial charge in [-0.15, -0.1) is 5.10 Å². The largest absolute Gasteiger partial charge is 0.381 e. The fourth-order valence-electron chi connectivity index (χ4n) is 3.06. The Morgan fingerprint density at radius 3 is 2.85 bits per heavy atom. The zero-order valence-corrected chi connectivity index (χ0v) is 14.9.